The fourth-order valence-corrected chi connectivity index (χ4v) is 4.30. The first-order valence-electron chi connectivity index (χ1n) is 9.83. The SMILES string of the molecule is O=C(NCCc1nc2cccnc2n1C1CCCCC1)Nc1cccc(Br)c1. The van der Waals surface area contributed by atoms with Gasteiger partial charge in [0.1, 0.15) is 11.3 Å². The number of urea groups is 1. The second kappa shape index (κ2) is 8.73. The first-order chi connectivity index (χ1) is 13.7. The quantitative estimate of drug-likeness (QED) is 0.580. The molecule has 2 heterocycles. The Morgan fingerprint density at radius 3 is 2.86 bits per heavy atom. The number of pyridine rings is 1. The van der Waals surface area contributed by atoms with Gasteiger partial charge in [0, 0.05) is 35.4 Å². The van der Waals surface area contributed by atoms with Crippen molar-refractivity contribution in [2.45, 2.75) is 44.6 Å². The zero-order chi connectivity index (χ0) is 19.3. The number of carbonyl (C=O) groups excluding carboxylic acids is 1. The summed E-state index contributed by atoms with van der Waals surface area (Å²) in [4.78, 5) is 21.6. The van der Waals surface area contributed by atoms with Gasteiger partial charge in [-0.15, -0.1) is 0 Å². The van der Waals surface area contributed by atoms with E-state index in [2.05, 4.69) is 36.1 Å². The van der Waals surface area contributed by atoms with Crippen LogP contribution in [0.2, 0.25) is 0 Å². The molecule has 6 nitrogen and oxygen atoms in total. The van der Waals surface area contributed by atoms with E-state index in [9.17, 15) is 4.79 Å². The van der Waals surface area contributed by atoms with Crippen molar-refractivity contribution in [1.29, 1.82) is 0 Å². The Balaban J connectivity index is 1.43. The minimum absolute atomic E-state index is 0.212. The van der Waals surface area contributed by atoms with Gasteiger partial charge >= 0.3 is 6.03 Å². The van der Waals surface area contributed by atoms with Crippen LogP contribution in [-0.4, -0.2) is 27.1 Å². The number of amides is 2. The third-order valence-corrected chi connectivity index (χ3v) is 5.67. The van der Waals surface area contributed by atoms with Crippen LogP contribution in [0.25, 0.3) is 11.2 Å². The predicted molar refractivity (Wildman–Crippen MR) is 115 cm³/mol. The third-order valence-electron chi connectivity index (χ3n) is 5.18. The van der Waals surface area contributed by atoms with E-state index in [0.717, 1.165) is 27.1 Å². The fourth-order valence-electron chi connectivity index (χ4n) is 3.91. The standard InChI is InChI=1S/C21H24BrN5O/c22-15-6-4-7-16(14-15)25-21(28)24-13-11-19-26-18-10-5-12-23-20(18)27(19)17-8-2-1-3-9-17/h4-7,10,12,14,17H,1-3,8-9,11,13H2,(H2,24,25,28). The molecule has 1 aliphatic rings. The average Bonchev–Trinajstić information content (AvgIpc) is 3.07. The summed E-state index contributed by atoms with van der Waals surface area (Å²) in [5.74, 6) is 1.00. The van der Waals surface area contributed by atoms with E-state index in [1.165, 1.54) is 32.1 Å². The van der Waals surface area contributed by atoms with E-state index in [1.807, 2.05) is 42.6 Å². The van der Waals surface area contributed by atoms with Crippen LogP contribution < -0.4 is 10.6 Å². The van der Waals surface area contributed by atoms with E-state index in [1.54, 1.807) is 0 Å². The van der Waals surface area contributed by atoms with Crippen molar-refractivity contribution >= 4 is 38.8 Å². The summed E-state index contributed by atoms with van der Waals surface area (Å²) in [6.07, 6.45) is 8.67. The highest BCUT2D eigenvalue weighted by atomic mass is 79.9. The highest BCUT2D eigenvalue weighted by molar-refractivity contribution is 9.10. The lowest BCUT2D eigenvalue weighted by molar-refractivity contribution is 0.252. The van der Waals surface area contributed by atoms with Crippen molar-refractivity contribution in [2.24, 2.45) is 0 Å². The summed E-state index contributed by atoms with van der Waals surface area (Å²) in [7, 11) is 0. The van der Waals surface area contributed by atoms with Gasteiger partial charge in [0.15, 0.2) is 5.65 Å². The molecule has 2 aromatic heterocycles. The van der Waals surface area contributed by atoms with E-state index in [-0.39, 0.29) is 6.03 Å². The number of carbonyl (C=O) groups is 1. The van der Waals surface area contributed by atoms with E-state index in [4.69, 9.17) is 4.98 Å². The van der Waals surface area contributed by atoms with Gasteiger partial charge in [0.25, 0.3) is 0 Å². The summed E-state index contributed by atoms with van der Waals surface area (Å²) in [5.41, 5.74) is 2.65. The maximum atomic E-state index is 12.2. The van der Waals surface area contributed by atoms with Crippen LogP contribution in [0.3, 0.4) is 0 Å². The van der Waals surface area contributed by atoms with Crippen molar-refractivity contribution in [3.05, 3.63) is 52.9 Å². The highest BCUT2D eigenvalue weighted by Gasteiger charge is 2.21. The van der Waals surface area contributed by atoms with Gasteiger partial charge in [-0.1, -0.05) is 41.3 Å². The molecule has 0 atom stereocenters. The molecule has 1 fully saturated rings. The molecule has 2 amide bonds. The molecule has 0 unspecified atom stereocenters. The summed E-state index contributed by atoms with van der Waals surface area (Å²) in [6.45, 7) is 0.524. The Morgan fingerprint density at radius 1 is 1.18 bits per heavy atom. The van der Waals surface area contributed by atoms with E-state index < -0.39 is 0 Å². The molecule has 0 spiro atoms. The number of nitrogens with zero attached hydrogens (tertiary/aromatic N) is 3. The van der Waals surface area contributed by atoms with Crippen LogP contribution in [-0.2, 0) is 6.42 Å². The van der Waals surface area contributed by atoms with E-state index >= 15 is 0 Å². The third kappa shape index (κ3) is 4.35. The zero-order valence-electron chi connectivity index (χ0n) is 15.7. The van der Waals surface area contributed by atoms with Gasteiger partial charge in [-0.25, -0.2) is 14.8 Å². The molecule has 7 heteroatoms. The molecule has 1 aliphatic carbocycles. The highest BCUT2D eigenvalue weighted by Crippen LogP contribution is 2.31. The molecule has 4 rings (SSSR count). The fraction of sp³-hybridized carbons (Fsp3) is 0.381. The average molecular weight is 442 g/mol. The second-order valence-electron chi connectivity index (χ2n) is 7.18. The number of rotatable bonds is 5. The van der Waals surface area contributed by atoms with Gasteiger partial charge in [0.05, 0.1) is 0 Å². The second-order valence-corrected chi connectivity index (χ2v) is 8.09. The van der Waals surface area contributed by atoms with Gasteiger partial charge in [0.2, 0.25) is 0 Å². The Bertz CT molecular complexity index is 964. The summed E-state index contributed by atoms with van der Waals surface area (Å²) in [5, 5.41) is 5.79. The molecule has 3 aromatic rings. The maximum Gasteiger partial charge on any atom is 0.319 e. The summed E-state index contributed by atoms with van der Waals surface area (Å²) >= 11 is 3.41. The lowest BCUT2D eigenvalue weighted by atomic mass is 9.95. The van der Waals surface area contributed by atoms with Gasteiger partial charge in [-0.05, 0) is 43.2 Å². The first kappa shape index (κ1) is 18.9. The van der Waals surface area contributed by atoms with Crippen LogP contribution >= 0.6 is 15.9 Å². The maximum absolute atomic E-state index is 12.2. The van der Waals surface area contributed by atoms with Gasteiger partial charge in [-0.3, -0.25) is 0 Å². The monoisotopic (exact) mass is 441 g/mol. The normalized spacial score (nSPS) is 14.9. The number of aromatic nitrogens is 3. The van der Waals surface area contributed by atoms with Gasteiger partial charge in [-0.2, -0.15) is 0 Å². The largest absolute Gasteiger partial charge is 0.337 e. The molecule has 0 radical (unpaired) electrons. The molecule has 2 N–H and O–H groups in total. The number of fused-ring (bicyclic) bond motifs is 1. The number of benzene rings is 1. The molecule has 0 saturated heterocycles. The number of halogens is 1. The molecule has 28 heavy (non-hydrogen) atoms. The van der Waals surface area contributed by atoms with Crippen LogP contribution in [0.15, 0.2) is 47.1 Å². The van der Waals surface area contributed by atoms with E-state index in [0.29, 0.717) is 19.0 Å². The van der Waals surface area contributed by atoms with Crippen LogP contribution in [0, 0.1) is 0 Å². The first-order valence-corrected chi connectivity index (χ1v) is 10.6. The Morgan fingerprint density at radius 2 is 2.04 bits per heavy atom. The Kier molecular flexibility index (Phi) is 5.90. The smallest absolute Gasteiger partial charge is 0.319 e. The Hall–Kier alpha value is -2.41. The minimum Gasteiger partial charge on any atom is -0.337 e. The van der Waals surface area contributed by atoms with Crippen molar-refractivity contribution in [2.75, 3.05) is 11.9 Å². The van der Waals surface area contributed by atoms with Crippen molar-refractivity contribution in [3.63, 3.8) is 0 Å². The molecule has 1 saturated carbocycles. The Labute approximate surface area is 172 Å². The number of imidazole rings is 1. The lowest BCUT2D eigenvalue weighted by Gasteiger charge is -2.25. The lowest BCUT2D eigenvalue weighted by Crippen LogP contribution is -2.31. The van der Waals surface area contributed by atoms with Gasteiger partial charge < -0.3 is 15.2 Å². The molecular weight excluding hydrogens is 418 g/mol. The number of anilines is 1. The van der Waals surface area contributed by atoms with Crippen LogP contribution in [0.4, 0.5) is 10.5 Å². The zero-order valence-corrected chi connectivity index (χ0v) is 17.3. The molecule has 0 bridgehead atoms. The molecule has 1 aromatic carbocycles. The van der Waals surface area contributed by atoms with Crippen LogP contribution in [0.1, 0.15) is 44.0 Å². The number of hydrogen-bond acceptors (Lipinski definition) is 3. The van der Waals surface area contributed by atoms with Crippen molar-refractivity contribution in [3.8, 4) is 0 Å². The van der Waals surface area contributed by atoms with Crippen molar-refractivity contribution in [1.82, 2.24) is 19.9 Å². The molecule has 146 valence electrons. The van der Waals surface area contributed by atoms with Crippen molar-refractivity contribution < 1.29 is 4.79 Å². The summed E-state index contributed by atoms with van der Waals surface area (Å²) < 4.78 is 3.24. The minimum atomic E-state index is -0.212. The van der Waals surface area contributed by atoms with Crippen LogP contribution in [0.5, 0.6) is 0 Å². The summed E-state index contributed by atoms with van der Waals surface area (Å²) in [6, 6.07) is 11.7. The predicted octanol–water partition coefficient (Wildman–Crippen LogP) is 5.06. The molecule has 0 aliphatic heterocycles. The number of nitrogens with one attached hydrogen (secondary N) is 2. The number of hydrogen-bond donors (Lipinski definition) is 2. The topological polar surface area (TPSA) is 71.8 Å². The molecular formula is C21H24BrN5O.